The van der Waals surface area contributed by atoms with Gasteiger partial charge in [0.2, 0.25) is 17.7 Å². The third-order valence-corrected chi connectivity index (χ3v) is 8.46. The number of anilines is 1. The molecule has 0 radical (unpaired) electrons. The molecule has 4 aromatic rings. The van der Waals surface area contributed by atoms with Crippen LogP contribution in [0.15, 0.2) is 54.6 Å². The van der Waals surface area contributed by atoms with Crippen LogP contribution >= 0.6 is 11.3 Å². The Hall–Kier alpha value is -4.02. The first-order valence-electron chi connectivity index (χ1n) is 12.8. The third-order valence-electron chi connectivity index (χ3n) is 7.49. The highest BCUT2D eigenvalue weighted by atomic mass is 32.1. The van der Waals surface area contributed by atoms with E-state index in [9.17, 15) is 14.7 Å². The fraction of sp³-hybridized carbons (Fsp3) is 0.310. The summed E-state index contributed by atoms with van der Waals surface area (Å²) in [6.07, 6.45) is 0.916. The zero-order valence-electron chi connectivity index (χ0n) is 21.7. The van der Waals surface area contributed by atoms with Crippen molar-refractivity contribution in [2.75, 3.05) is 31.6 Å². The minimum atomic E-state index is -0.370. The van der Waals surface area contributed by atoms with E-state index in [1.807, 2.05) is 52.3 Å². The first-order valence-corrected chi connectivity index (χ1v) is 13.6. The predicted molar refractivity (Wildman–Crippen MR) is 147 cm³/mol. The van der Waals surface area contributed by atoms with Crippen LogP contribution in [0.25, 0.3) is 10.3 Å². The average molecular weight is 545 g/mol. The number of amides is 2. The molecule has 1 saturated heterocycles. The summed E-state index contributed by atoms with van der Waals surface area (Å²) in [4.78, 5) is 39.4. The second-order valence-electron chi connectivity index (χ2n) is 10.00. The molecular formula is C29H28N4O5S. The minimum Gasteiger partial charge on any atom is -0.481 e. The number of ether oxygens (including phenoxy) is 2. The van der Waals surface area contributed by atoms with Gasteiger partial charge in [-0.15, -0.1) is 0 Å². The summed E-state index contributed by atoms with van der Waals surface area (Å²) in [5.74, 6) is 1.76. The third kappa shape index (κ3) is 4.70. The van der Waals surface area contributed by atoms with E-state index in [1.54, 1.807) is 26.2 Å². The molecular weight excluding hydrogens is 516 g/mol. The standard InChI is InChI=1S/C29H28N4O5S/c1-18(35)32-11-10-29(16-32)17-33(27(36)14-26-30-23-7-9-25(37-2)31-28(23)39-26)24-8-6-21(13-22(24)29)38-20-5-3-4-19(12-20)15-34/h3-9,12-13,34H,10-11,14-17H2,1-2H3. The fourth-order valence-electron chi connectivity index (χ4n) is 5.53. The van der Waals surface area contributed by atoms with Crippen LogP contribution < -0.4 is 14.4 Å². The van der Waals surface area contributed by atoms with E-state index in [1.165, 1.54) is 11.3 Å². The number of fused-ring (bicyclic) bond motifs is 3. The molecule has 0 bridgehead atoms. The van der Waals surface area contributed by atoms with Gasteiger partial charge in [0.05, 0.1) is 20.1 Å². The molecule has 2 aromatic heterocycles. The highest BCUT2D eigenvalue weighted by Gasteiger charge is 2.49. The summed E-state index contributed by atoms with van der Waals surface area (Å²) in [7, 11) is 1.57. The SMILES string of the molecule is COc1ccc2nc(CC(=O)N3CC4(CCN(C(C)=O)C4)c4cc(Oc5cccc(CO)c5)ccc43)sc2n1. The van der Waals surface area contributed by atoms with Crippen LogP contribution in [0, 0.1) is 0 Å². The topological polar surface area (TPSA) is 105 Å². The van der Waals surface area contributed by atoms with Gasteiger partial charge < -0.3 is 24.4 Å². The van der Waals surface area contributed by atoms with Crippen molar-refractivity contribution < 1.29 is 24.2 Å². The molecule has 6 rings (SSSR count). The van der Waals surface area contributed by atoms with Gasteiger partial charge in [-0.25, -0.2) is 9.97 Å². The summed E-state index contributed by atoms with van der Waals surface area (Å²) in [5.41, 5.74) is 2.97. The van der Waals surface area contributed by atoms with Gasteiger partial charge in [0.25, 0.3) is 0 Å². The van der Waals surface area contributed by atoms with Gasteiger partial charge in [0.15, 0.2) is 0 Å². The summed E-state index contributed by atoms with van der Waals surface area (Å²) in [5, 5.41) is 10.2. The zero-order valence-corrected chi connectivity index (χ0v) is 22.5. The average Bonchev–Trinajstić information content (AvgIpc) is 3.64. The van der Waals surface area contributed by atoms with Gasteiger partial charge in [0.1, 0.15) is 26.9 Å². The summed E-state index contributed by atoms with van der Waals surface area (Å²) >= 11 is 1.39. The number of aliphatic hydroxyl groups is 1. The molecule has 1 spiro atoms. The Morgan fingerprint density at radius 2 is 1.92 bits per heavy atom. The van der Waals surface area contributed by atoms with Crippen LogP contribution in [-0.2, 0) is 28.0 Å². The monoisotopic (exact) mass is 544 g/mol. The first kappa shape index (κ1) is 25.3. The molecule has 10 heteroatoms. The lowest BCUT2D eigenvalue weighted by molar-refractivity contribution is -0.127. The Labute approximate surface area is 229 Å². The van der Waals surface area contributed by atoms with Crippen LogP contribution in [0.3, 0.4) is 0 Å². The summed E-state index contributed by atoms with van der Waals surface area (Å²) < 4.78 is 11.4. The molecule has 2 aliphatic rings. The van der Waals surface area contributed by atoms with Crippen molar-refractivity contribution in [2.45, 2.75) is 31.8 Å². The Morgan fingerprint density at radius 3 is 2.69 bits per heavy atom. The molecule has 9 nitrogen and oxygen atoms in total. The van der Waals surface area contributed by atoms with Crippen molar-refractivity contribution in [2.24, 2.45) is 0 Å². The maximum Gasteiger partial charge on any atom is 0.233 e. The highest BCUT2D eigenvalue weighted by molar-refractivity contribution is 7.18. The van der Waals surface area contributed by atoms with Crippen molar-refractivity contribution >= 4 is 39.2 Å². The Bertz CT molecular complexity index is 1590. The van der Waals surface area contributed by atoms with E-state index >= 15 is 0 Å². The molecule has 2 aliphatic heterocycles. The minimum absolute atomic E-state index is 0.0313. The van der Waals surface area contributed by atoms with Crippen molar-refractivity contribution in [3.63, 3.8) is 0 Å². The Balaban J connectivity index is 1.31. The van der Waals surface area contributed by atoms with Gasteiger partial charge >= 0.3 is 0 Å². The number of benzene rings is 2. The number of methoxy groups -OCH3 is 1. The summed E-state index contributed by atoms with van der Waals surface area (Å²) in [6, 6.07) is 16.7. The van der Waals surface area contributed by atoms with Gasteiger partial charge in [0, 0.05) is 43.7 Å². The second-order valence-corrected chi connectivity index (χ2v) is 11.1. The van der Waals surface area contributed by atoms with E-state index < -0.39 is 0 Å². The summed E-state index contributed by atoms with van der Waals surface area (Å²) in [6.45, 7) is 3.20. The van der Waals surface area contributed by atoms with Crippen molar-refractivity contribution in [1.82, 2.24) is 14.9 Å². The zero-order chi connectivity index (χ0) is 27.1. The van der Waals surface area contributed by atoms with Crippen LogP contribution in [-0.4, -0.2) is 58.5 Å². The quantitative estimate of drug-likeness (QED) is 0.390. The van der Waals surface area contributed by atoms with Crippen molar-refractivity contribution in [3.05, 3.63) is 70.7 Å². The first-order chi connectivity index (χ1) is 18.9. The number of carbonyl (C=O) groups excluding carboxylic acids is 2. The maximum absolute atomic E-state index is 13.7. The number of rotatable bonds is 6. The Kier molecular flexibility index (Phi) is 6.44. The molecule has 1 N–H and O–H groups in total. The lowest BCUT2D eigenvalue weighted by Crippen LogP contribution is -2.40. The Morgan fingerprint density at radius 1 is 1.08 bits per heavy atom. The number of likely N-dealkylation sites (tertiary alicyclic amines) is 1. The van der Waals surface area contributed by atoms with Crippen LogP contribution in [0.2, 0.25) is 0 Å². The number of thiazole rings is 1. The van der Waals surface area contributed by atoms with Crippen molar-refractivity contribution in [1.29, 1.82) is 0 Å². The predicted octanol–water partition coefficient (Wildman–Crippen LogP) is 4.06. The van der Waals surface area contributed by atoms with Gasteiger partial charge in [-0.1, -0.05) is 23.5 Å². The molecule has 0 saturated carbocycles. The number of hydrogen-bond donors (Lipinski definition) is 1. The number of carbonyl (C=O) groups is 2. The van der Waals surface area contributed by atoms with Crippen molar-refractivity contribution in [3.8, 4) is 17.4 Å². The van der Waals surface area contributed by atoms with E-state index in [-0.39, 0.29) is 30.3 Å². The smallest absolute Gasteiger partial charge is 0.233 e. The molecule has 1 fully saturated rings. The van der Waals surface area contributed by atoms with E-state index in [0.29, 0.717) is 42.0 Å². The molecule has 39 heavy (non-hydrogen) atoms. The number of aliphatic hydroxyl groups excluding tert-OH is 1. The van der Waals surface area contributed by atoms with E-state index in [4.69, 9.17) is 9.47 Å². The van der Waals surface area contributed by atoms with Gasteiger partial charge in [-0.2, -0.15) is 0 Å². The number of aromatic nitrogens is 2. The maximum atomic E-state index is 13.7. The van der Waals surface area contributed by atoms with E-state index in [2.05, 4.69) is 9.97 Å². The molecule has 0 aliphatic carbocycles. The normalized spacial score (nSPS) is 18.1. The highest BCUT2D eigenvalue weighted by Crippen LogP contribution is 2.48. The molecule has 2 amide bonds. The fourth-order valence-corrected chi connectivity index (χ4v) is 6.44. The van der Waals surface area contributed by atoms with Gasteiger partial charge in [-0.05, 0) is 53.9 Å². The molecule has 4 heterocycles. The van der Waals surface area contributed by atoms with Crippen LogP contribution in [0.1, 0.15) is 29.5 Å². The number of pyridine rings is 1. The largest absolute Gasteiger partial charge is 0.481 e. The lowest BCUT2D eigenvalue weighted by atomic mass is 9.81. The number of nitrogens with zero attached hydrogens (tertiary/aromatic N) is 4. The lowest BCUT2D eigenvalue weighted by Gasteiger charge is -2.25. The van der Waals surface area contributed by atoms with Crippen LogP contribution in [0.4, 0.5) is 5.69 Å². The molecule has 2 aromatic carbocycles. The van der Waals surface area contributed by atoms with E-state index in [0.717, 1.165) is 33.6 Å². The second kappa shape index (κ2) is 9.94. The van der Waals surface area contributed by atoms with Gasteiger partial charge in [-0.3, -0.25) is 9.59 Å². The number of hydrogen-bond acceptors (Lipinski definition) is 8. The molecule has 1 unspecified atom stereocenters. The van der Waals surface area contributed by atoms with Crippen LogP contribution in [0.5, 0.6) is 17.4 Å². The molecule has 1 atom stereocenters. The molecule has 200 valence electrons.